The van der Waals surface area contributed by atoms with Crippen LogP contribution in [0.3, 0.4) is 0 Å². The van der Waals surface area contributed by atoms with Crippen LogP contribution in [0.5, 0.6) is 0 Å². The Labute approximate surface area is 158 Å². The first kappa shape index (κ1) is 17.4. The van der Waals surface area contributed by atoms with Crippen LogP contribution in [0.25, 0.3) is 17.4 Å². The minimum Gasteiger partial charge on any atom is -0.457 e. The number of hydrazone groups is 1. The summed E-state index contributed by atoms with van der Waals surface area (Å²) >= 11 is 0.744. The first-order chi connectivity index (χ1) is 12.8. The van der Waals surface area contributed by atoms with Crippen LogP contribution in [-0.2, 0) is 14.6 Å². The normalized spacial score (nSPS) is 18.6. The molecular formula is C17H12N4O4S2. The molecule has 1 aromatic carbocycles. The number of benzene rings is 1. The van der Waals surface area contributed by atoms with E-state index in [4.69, 9.17) is 9.83 Å². The Kier molecular flexibility index (Phi) is 4.08. The summed E-state index contributed by atoms with van der Waals surface area (Å²) in [6, 6.07) is 12.9. The molecule has 0 saturated heterocycles. The zero-order valence-corrected chi connectivity index (χ0v) is 15.5. The number of carbonyl (C=O) groups is 1. The minimum atomic E-state index is -3.56. The molecule has 0 radical (unpaired) electrons. The highest BCUT2D eigenvalue weighted by Crippen LogP contribution is 2.30. The maximum atomic E-state index is 12.3. The predicted molar refractivity (Wildman–Crippen MR) is 104 cm³/mol. The Morgan fingerprint density at radius 3 is 2.63 bits per heavy atom. The number of amidine groups is 2. The third kappa shape index (κ3) is 3.24. The fourth-order valence-electron chi connectivity index (χ4n) is 2.45. The number of furan rings is 1. The maximum Gasteiger partial charge on any atom is 0.283 e. The van der Waals surface area contributed by atoms with Crippen LogP contribution in [0.2, 0.25) is 0 Å². The molecule has 2 aliphatic rings. The van der Waals surface area contributed by atoms with E-state index in [2.05, 4.69) is 10.1 Å². The quantitative estimate of drug-likeness (QED) is 0.775. The van der Waals surface area contributed by atoms with Crippen molar-refractivity contribution in [1.29, 1.82) is 5.41 Å². The maximum absolute atomic E-state index is 12.3. The molecule has 0 atom stereocenters. The average molecular weight is 400 g/mol. The van der Waals surface area contributed by atoms with E-state index in [9.17, 15) is 13.2 Å². The zero-order chi connectivity index (χ0) is 19.2. The van der Waals surface area contributed by atoms with Crippen LogP contribution in [0.1, 0.15) is 5.76 Å². The van der Waals surface area contributed by atoms with Crippen molar-refractivity contribution >= 4 is 49.0 Å². The van der Waals surface area contributed by atoms with Gasteiger partial charge in [-0.15, -0.1) is 5.10 Å². The molecule has 10 heteroatoms. The predicted octanol–water partition coefficient (Wildman–Crippen LogP) is 2.57. The summed E-state index contributed by atoms with van der Waals surface area (Å²) in [6.07, 6.45) is 2.41. The summed E-state index contributed by atoms with van der Waals surface area (Å²) in [4.78, 5) is 16.1. The van der Waals surface area contributed by atoms with Gasteiger partial charge in [0.2, 0.25) is 19.4 Å². The molecule has 136 valence electrons. The molecule has 4 rings (SSSR count). The van der Waals surface area contributed by atoms with E-state index in [1.54, 1.807) is 12.1 Å². The Balaban J connectivity index is 1.68. The van der Waals surface area contributed by atoms with Crippen molar-refractivity contribution < 1.29 is 17.6 Å². The average Bonchev–Trinajstić information content (AvgIpc) is 3.26. The van der Waals surface area contributed by atoms with E-state index in [1.807, 2.05) is 30.3 Å². The number of hydrogen-bond acceptors (Lipinski definition) is 7. The van der Waals surface area contributed by atoms with E-state index in [-0.39, 0.29) is 21.0 Å². The first-order valence-corrected chi connectivity index (χ1v) is 10.4. The van der Waals surface area contributed by atoms with E-state index in [0.717, 1.165) is 28.6 Å². The van der Waals surface area contributed by atoms with Gasteiger partial charge in [-0.1, -0.05) is 30.3 Å². The molecule has 0 fully saturated rings. The van der Waals surface area contributed by atoms with Gasteiger partial charge in [0.15, 0.2) is 5.84 Å². The number of amides is 1. The Morgan fingerprint density at radius 1 is 1.19 bits per heavy atom. The first-order valence-electron chi connectivity index (χ1n) is 7.68. The molecule has 2 aromatic rings. The number of nitrogens with one attached hydrogen (secondary N) is 1. The van der Waals surface area contributed by atoms with Crippen LogP contribution in [0, 0.1) is 5.41 Å². The summed E-state index contributed by atoms with van der Waals surface area (Å²) < 4.78 is 28.8. The van der Waals surface area contributed by atoms with Crippen molar-refractivity contribution in [3.63, 3.8) is 0 Å². The standard InChI is InChI=1S/C17H12N4O4S2/c1-27(23,24)17-20-21-14(18)12(15(22)19-16(21)26-17)9-11-7-8-13(25-11)10-5-3-2-4-6-10/h2-9,18H,1H3/b12-9-,18-14?. The molecular weight excluding hydrogens is 388 g/mol. The van der Waals surface area contributed by atoms with Crippen LogP contribution >= 0.6 is 11.8 Å². The van der Waals surface area contributed by atoms with E-state index in [1.165, 1.54) is 6.08 Å². The van der Waals surface area contributed by atoms with Crippen LogP contribution in [-0.4, -0.2) is 41.0 Å². The molecule has 1 amide bonds. The number of sulfone groups is 1. The van der Waals surface area contributed by atoms with E-state index >= 15 is 0 Å². The molecule has 8 nitrogen and oxygen atoms in total. The van der Waals surface area contributed by atoms with Crippen molar-refractivity contribution in [2.24, 2.45) is 10.1 Å². The van der Waals surface area contributed by atoms with Crippen molar-refractivity contribution in [1.82, 2.24) is 5.01 Å². The van der Waals surface area contributed by atoms with Gasteiger partial charge in [0.25, 0.3) is 5.91 Å². The second-order valence-electron chi connectivity index (χ2n) is 5.73. The Morgan fingerprint density at radius 2 is 1.93 bits per heavy atom. The lowest BCUT2D eigenvalue weighted by Crippen LogP contribution is -2.35. The molecule has 0 aliphatic carbocycles. The summed E-state index contributed by atoms with van der Waals surface area (Å²) in [6.45, 7) is 0. The molecule has 1 aromatic heterocycles. The van der Waals surface area contributed by atoms with Gasteiger partial charge in [0, 0.05) is 11.8 Å². The molecule has 0 bridgehead atoms. The van der Waals surface area contributed by atoms with Gasteiger partial charge in [-0.25, -0.2) is 8.42 Å². The van der Waals surface area contributed by atoms with E-state index in [0.29, 0.717) is 11.5 Å². The van der Waals surface area contributed by atoms with Crippen molar-refractivity contribution in [2.75, 3.05) is 6.26 Å². The second kappa shape index (κ2) is 6.32. The van der Waals surface area contributed by atoms with Crippen LogP contribution in [0.15, 0.2) is 62.5 Å². The highest BCUT2D eigenvalue weighted by molar-refractivity contribution is 8.42. The molecule has 27 heavy (non-hydrogen) atoms. The third-order valence-corrected chi connectivity index (χ3v) is 6.30. The second-order valence-corrected chi connectivity index (χ2v) is 8.87. The molecule has 0 unspecified atom stereocenters. The smallest absolute Gasteiger partial charge is 0.283 e. The Bertz CT molecular complexity index is 1160. The Hall–Kier alpha value is -2.98. The monoisotopic (exact) mass is 400 g/mol. The summed E-state index contributed by atoms with van der Waals surface area (Å²) in [5, 5.41) is 13.2. The zero-order valence-electron chi connectivity index (χ0n) is 13.9. The molecule has 0 saturated carbocycles. The number of rotatable bonds is 2. The van der Waals surface area contributed by atoms with Gasteiger partial charge in [-0.3, -0.25) is 10.2 Å². The third-order valence-electron chi connectivity index (χ3n) is 3.72. The van der Waals surface area contributed by atoms with Gasteiger partial charge >= 0.3 is 0 Å². The lowest BCUT2D eigenvalue weighted by Gasteiger charge is -2.19. The number of hydrogen-bond donors (Lipinski definition) is 1. The number of thioether (sulfide) groups is 1. The number of fused-ring (bicyclic) bond motifs is 1. The highest BCUT2D eigenvalue weighted by atomic mass is 32.3. The number of aliphatic imine (C=N–C) groups is 1. The fraction of sp³-hybridized carbons (Fsp3) is 0.0588. The minimum absolute atomic E-state index is 0.0354. The van der Waals surface area contributed by atoms with Gasteiger partial charge < -0.3 is 4.42 Å². The molecule has 3 heterocycles. The van der Waals surface area contributed by atoms with Crippen molar-refractivity contribution in [3.8, 4) is 11.3 Å². The lowest BCUT2D eigenvalue weighted by atomic mass is 10.1. The lowest BCUT2D eigenvalue weighted by molar-refractivity contribution is -0.114. The van der Waals surface area contributed by atoms with Crippen molar-refractivity contribution in [3.05, 3.63) is 53.8 Å². The highest BCUT2D eigenvalue weighted by Gasteiger charge is 2.38. The molecule has 0 spiro atoms. The number of nitrogens with zero attached hydrogens (tertiary/aromatic N) is 3. The number of carbonyl (C=O) groups excluding carboxylic acids is 1. The van der Waals surface area contributed by atoms with Crippen molar-refractivity contribution in [2.45, 2.75) is 0 Å². The van der Waals surface area contributed by atoms with Gasteiger partial charge in [-0.2, -0.15) is 10.0 Å². The van der Waals surface area contributed by atoms with Gasteiger partial charge in [0.1, 0.15) is 11.5 Å². The van der Waals surface area contributed by atoms with Gasteiger partial charge in [-0.05, 0) is 30.0 Å². The van der Waals surface area contributed by atoms with Gasteiger partial charge in [0.05, 0.1) is 5.57 Å². The van der Waals surface area contributed by atoms with E-state index < -0.39 is 15.7 Å². The summed E-state index contributed by atoms with van der Waals surface area (Å²) in [5.41, 5.74) is 0.845. The summed E-state index contributed by atoms with van der Waals surface area (Å²) in [7, 11) is -3.56. The SMILES string of the molecule is CS(=O)(=O)C1=NN2C(=N)/C(=C/c3ccc(-c4ccccc4)o3)C(=O)N=C2S1. The topological polar surface area (TPSA) is 116 Å². The van der Waals surface area contributed by atoms with Crippen LogP contribution in [0.4, 0.5) is 0 Å². The molecule has 1 N–H and O–H groups in total. The van der Waals surface area contributed by atoms with Crippen LogP contribution < -0.4 is 0 Å². The molecule has 2 aliphatic heterocycles. The fourth-order valence-corrected chi connectivity index (χ4v) is 4.14. The summed E-state index contributed by atoms with van der Waals surface area (Å²) in [5.74, 6) is 0.0884. The largest absolute Gasteiger partial charge is 0.457 e.